The Balaban J connectivity index is 1.70. The van der Waals surface area contributed by atoms with Crippen LogP contribution in [-0.2, 0) is 4.74 Å². The van der Waals surface area contributed by atoms with E-state index in [0.29, 0.717) is 45.1 Å². The molecule has 0 spiro atoms. The van der Waals surface area contributed by atoms with Crippen LogP contribution >= 0.6 is 27.3 Å². The van der Waals surface area contributed by atoms with E-state index in [2.05, 4.69) is 27.5 Å². The first-order valence-corrected chi connectivity index (χ1v) is 14.4. The molecule has 4 aromatic rings. The third-order valence-electron chi connectivity index (χ3n) is 6.42. The summed E-state index contributed by atoms with van der Waals surface area (Å²) in [5.74, 6) is 0.0639. The Morgan fingerprint density at radius 3 is 2.71 bits per heavy atom. The van der Waals surface area contributed by atoms with E-state index in [4.69, 9.17) is 18.6 Å². The maximum absolute atomic E-state index is 14.0. The summed E-state index contributed by atoms with van der Waals surface area (Å²) in [7, 11) is 1.53. The molecule has 1 aliphatic rings. The van der Waals surface area contributed by atoms with Gasteiger partial charge in [0.2, 0.25) is 5.76 Å². The molecule has 1 aliphatic heterocycles. The fourth-order valence-electron chi connectivity index (χ4n) is 4.56. The van der Waals surface area contributed by atoms with Gasteiger partial charge in [-0.05, 0) is 48.7 Å². The first-order valence-electron chi connectivity index (χ1n) is 12.8. The lowest BCUT2D eigenvalue weighted by atomic mass is 9.98. The number of hydrogen-bond donors (Lipinski definition) is 0. The van der Waals surface area contributed by atoms with Gasteiger partial charge in [-0.15, -0.1) is 0 Å². The standard InChI is InChI=1S/C30H27BrN2O7S/c1-6-11-38-29(36)27-16(4)32-30(41-27)33-24(17-7-9-21(22(12-17)37-5)39-14-15(2)3)23-25(34)19-13-18(31)8-10-20(19)40-26(23)28(33)35/h6-10,12-13,15,24H,1,11,14H2,2-5H3. The number of anilines is 1. The molecule has 5 rings (SSSR count). The van der Waals surface area contributed by atoms with E-state index in [-0.39, 0.29) is 39.0 Å². The predicted octanol–water partition coefficient (Wildman–Crippen LogP) is 6.46. The third-order valence-corrected chi connectivity index (χ3v) is 8.05. The molecular weight excluding hydrogens is 612 g/mol. The van der Waals surface area contributed by atoms with Crippen molar-refractivity contribution in [3.63, 3.8) is 0 Å². The van der Waals surface area contributed by atoms with Crippen LogP contribution in [0, 0.1) is 12.8 Å². The Morgan fingerprint density at radius 2 is 2.00 bits per heavy atom. The van der Waals surface area contributed by atoms with Gasteiger partial charge in [0.05, 0.1) is 36.4 Å². The van der Waals surface area contributed by atoms with Crippen molar-refractivity contribution in [1.29, 1.82) is 0 Å². The Hall–Kier alpha value is -3.96. The molecular formula is C30H27BrN2O7S. The lowest BCUT2D eigenvalue weighted by molar-refractivity contribution is 0.0554. The van der Waals surface area contributed by atoms with Gasteiger partial charge in [-0.1, -0.05) is 59.8 Å². The van der Waals surface area contributed by atoms with Crippen LogP contribution in [0.25, 0.3) is 11.0 Å². The molecule has 1 atom stereocenters. The van der Waals surface area contributed by atoms with Gasteiger partial charge in [0.15, 0.2) is 22.1 Å². The summed E-state index contributed by atoms with van der Waals surface area (Å²) in [6, 6.07) is 9.39. The summed E-state index contributed by atoms with van der Waals surface area (Å²) in [4.78, 5) is 46.8. The summed E-state index contributed by atoms with van der Waals surface area (Å²) in [6.45, 7) is 9.83. The van der Waals surface area contributed by atoms with Crippen LogP contribution in [-0.4, -0.2) is 37.2 Å². The minimum atomic E-state index is -0.909. The molecule has 1 unspecified atom stereocenters. The Labute approximate surface area is 248 Å². The normalized spacial score (nSPS) is 14.4. The highest BCUT2D eigenvalue weighted by Gasteiger charge is 2.45. The average Bonchev–Trinajstić information content (AvgIpc) is 3.47. The van der Waals surface area contributed by atoms with Crippen molar-refractivity contribution >= 4 is 55.2 Å². The Kier molecular flexibility index (Phi) is 8.01. The monoisotopic (exact) mass is 638 g/mol. The molecule has 212 valence electrons. The number of methoxy groups -OCH3 is 1. The number of hydrogen-bond acceptors (Lipinski definition) is 9. The average molecular weight is 640 g/mol. The van der Waals surface area contributed by atoms with Crippen LogP contribution in [0.2, 0.25) is 0 Å². The van der Waals surface area contributed by atoms with E-state index in [0.717, 1.165) is 11.3 Å². The van der Waals surface area contributed by atoms with E-state index < -0.39 is 17.9 Å². The van der Waals surface area contributed by atoms with Crippen molar-refractivity contribution in [3.8, 4) is 11.5 Å². The summed E-state index contributed by atoms with van der Waals surface area (Å²) < 4.78 is 23.5. The number of halogens is 1. The first kappa shape index (κ1) is 28.6. The van der Waals surface area contributed by atoms with E-state index >= 15 is 0 Å². The minimum Gasteiger partial charge on any atom is -0.493 e. The number of ether oxygens (including phenoxy) is 3. The molecule has 0 fully saturated rings. The van der Waals surface area contributed by atoms with Gasteiger partial charge in [0.1, 0.15) is 17.1 Å². The maximum atomic E-state index is 14.0. The number of nitrogens with zero attached hydrogens (tertiary/aromatic N) is 2. The second-order valence-electron chi connectivity index (χ2n) is 9.81. The Bertz CT molecular complexity index is 1740. The second-order valence-corrected chi connectivity index (χ2v) is 11.7. The number of esters is 1. The zero-order chi connectivity index (χ0) is 29.4. The summed E-state index contributed by atoms with van der Waals surface area (Å²) in [5.41, 5.74) is 1.08. The van der Waals surface area contributed by atoms with Gasteiger partial charge in [0.25, 0.3) is 5.91 Å². The molecule has 3 heterocycles. The highest BCUT2D eigenvalue weighted by atomic mass is 79.9. The van der Waals surface area contributed by atoms with Crippen molar-refractivity contribution in [3.05, 3.63) is 91.2 Å². The number of aryl methyl sites for hydroxylation is 1. The fraction of sp³-hybridized carbons (Fsp3) is 0.267. The van der Waals surface area contributed by atoms with E-state index in [1.807, 2.05) is 13.8 Å². The summed E-state index contributed by atoms with van der Waals surface area (Å²) in [5, 5.41) is 0.545. The van der Waals surface area contributed by atoms with Crippen LogP contribution in [0.3, 0.4) is 0 Å². The van der Waals surface area contributed by atoms with Gasteiger partial charge < -0.3 is 18.6 Å². The zero-order valence-corrected chi connectivity index (χ0v) is 25.3. The van der Waals surface area contributed by atoms with Crippen molar-refractivity contribution in [2.45, 2.75) is 26.8 Å². The maximum Gasteiger partial charge on any atom is 0.350 e. The third kappa shape index (κ3) is 5.27. The van der Waals surface area contributed by atoms with Crippen LogP contribution in [0.15, 0.2) is 62.7 Å². The number of carbonyl (C=O) groups excluding carboxylic acids is 2. The van der Waals surface area contributed by atoms with Crippen molar-refractivity contribution in [1.82, 2.24) is 4.98 Å². The summed E-state index contributed by atoms with van der Waals surface area (Å²) >= 11 is 4.42. The van der Waals surface area contributed by atoms with Gasteiger partial charge in [-0.25, -0.2) is 9.78 Å². The Morgan fingerprint density at radius 1 is 1.22 bits per heavy atom. The molecule has 9 nitrogen and oxygen atoms in total. The van der Waals surface area contributed by atoms with Gasteiger partial charge in [0, 0.05) is 4.47 Å². The number of amides is 1. The van der Waals surface area contributed by atoms with Gasteiger partial charge in [-0.2, -0.15) is 0 Å². The van der Waals surface area contributed by atoms with Gasteiger partial charge >= 0.3 is 5.97 Å². The molecule has 0 saturated heterocycles. The van der Waals surface area contributed by atoms with Crippen LogP contribution in [0.1, 0.15) is 56.9 Å². The summed E-state index contributed by atoms with van der Waals surface area (Å²) in [6.07, 6.45) is 1.47. The molecule has 0 saturated carbocycles. The molecule has 2 aromatic heterocycles. The highest BCUT2D eigenvalue weighted by Crippen LogP contribution is 2.45. The fourth-order valence-corrected chi connectivity index (χ4v) is 5.91. The van der Waals surface area contributed by atoms with Crippen LogP contribution in [0.5, 0.6) is 11.5 Å². The lowest BCUT2D eigenvalue weighted by Gasteiger charge is -2.23. The highest BCUT2D eigenvalue weighted by molar-refractivity contribution is 9.10. The molecule has 0 N–H and O–H groups in total. The first-order chi connectivity index (χ1) is 19.6. The van der Waals surface area contributed by atoms with Crippen molar-refractivity contribution in [2.75, 3.05) is 25.2 Å². The molecule has 41 heavy (non-hydrogen) atoms. The van der Waals surface area contributed by atoms with Gasteiger partial charge in [-0.3, -0.25) is 14.5 Å². The number of carbonyl (C=O) groups is 2. The van der Waals surface area contributed by atoms with E-state index in [1.165, 1.54) is 18.1 Å². The number of benzene rings is 2. The largest absolute Gasteiger partial charge is 0.493 e. The quantitative estimate of drug-likeness (QED) is 0.152. The SMILES string of the molecule is C=CCOC(=O)c1sc(N2C(=O)c3oc4ccc(Br)cc4c(=O)c3C2c2ccc(OCC(C)C)c(OC)c2)nc1C. The predicted molar refractivity (Wildman–Crippen MR) is 159 cm³/mol. The van der Waals surface area contributed by atoms with E-state index in [9.17, 15) is 14.4 Å². The van der Waals surface area contributed by atoms with Crippen molar-refractivity contribution < 1.29 is 28.2 Å². The number of rotatable bonds is 9. The minimum absolute atomic E-state index is 0.0355. The molecule has 0 aliphatic carbocycles. The lowest BCUT2D eigenvalue weighted by Crippen LogP contribution is -2.29. The second kappa shape index (κ2) is 11.5. The number of thiazole rings is 1. The van der Waals surface area contributed by atoms with Crippen LogP contribution < -0.4 is 19.8 Å². The number of aromatic nitrogens is 1. The molecule has 2 aromatic carbocycles. The molecule has 0 radical (unpaired) electrons. The molecule has 11 heteroatoms. The zero-order valence-electron chi connectivity index (χ0n) is 22.9. The van der Waals surface area contributed by atoms with Crippen LogP contribution in [0.4, 0.5) is 5.13 Å². The molecule has 1 amide bonds. The molecule has 0 bridgehead atoms. The smallest absolute Gasteiger partial charge is 0.350 e. The van der Waals surface area contributed by atoms with Crippen molar-refractivity contribution in [2.24, 2.45) is 5.92 Å². The number of fused-ring (bicyclic) bond motifs is 2. The van der Waals surface area contributed by atoms with E-state index in [1.54, 1.807) is 43.3 Å². The topological polar surface area (TPSA) is 108 Å².